The quantitative estimate of drug-likeness (QED) is 0.289. The van der Waals surface area contributed by atoms with Gasteiger partial charge in [0.1, 0.15) is 0 Å². The summed E-state index contributed by atoms with van der Waals surface area (Å²) in [5, 5.41) is 3.34. The van der Waals surface area contributed by atoms with E-state index in [1.165, 1.54) is 0 Å². The van der Waals surface area contributed by atoms with Crippen molar-refractivity contribution in [1.82, 2.24) is 0 Å². The molecule has 1 aromatic rings. The van der Waals surface area contributed by atoms with Gasteiger partial charge in [-0.15, -0.1) is 0 Å². The molecule has 0 saturated carbocycles. The van der Waals surface area contributed by atoms with Gasteiger partial charge in [0.25, 0.3) is 0 Å². The summed E-state index contributed by atoms with van der Waals surface area (Å²) >= 11 is 0. The van der Waals surface area contributed by atoms with Gasteiger partial charge in [0.05, 0.1) is 0 Å². The van der Waals surface area contributed by atoms with E-state index >= 15 is 0 Å². The predicted octanol–water partition coefficient (Wildman–Crippen LogP) is 3.52. The number of azide groups is 1. The highest BCUT2D eigenvalue weighted by molar-refractivity contribution is 5.51. The van der Waals surface area contributed by atoms with Crippen LogP contribution in [0.5, 0.6) is 0 Å². The lowest BCUT2D eigenvalue weighted by Crippen LogP contribution is -1.69. The molecule has 1 rings (SSSR count). The van der Waals surface area contributed by atoms with Crippen LogP contribution in [0.3, 0.4) is 0 Å². The van der Waals surface area contributed by atoms with E-state index in [1.807, 2.05) is 36.4 Å². The zero-order valence-electron chi connectivity index (χ0n) is 7.09. The first kappa shape index (κ1) is 9.10. The molecule has 0 fully saturated rings. The van der Waals surface area contributed by atoms with Gasteiger partial charge in [0, 0.05) is 10.6 Å². The van der Waals surface area contributed by atoms with Crippen LogP contribution in [-0.2, 0) is 0 Å². The molecule has 0 heterocycles. The van der Waals surface area contributed by atoms with Crippen molar-refractivity contribution < 1.29 is 0 Å². The Kier molecular flexibility index (Phi) is 3.36. The van der Waals surface area contributed by atoms with Gasteiger partial charge >= 0.3 is 0 Å². The predicted molar refractivity (Wildman–Crippen MR) is 53.8 cm³/mol. The Hall–Kier alpha value is -1.99. The monoisotopic (exact) mass is 171 g/mol. The lowest BCUT2D eigenvalue weighted by molar-refractivity contribution is 1.40. The highest BCUT2D eigenvalue weighted by Crippen LogP contribution is 2.04. The first-order valence-electron chi connectivity index (χ1n) is 3.80. The summed E-state index contributed by atoms with van der Waals surface area (Å²) in [6.07, 6.45) is 3.52. The second-order valence-electron chi connectivity index (χ2n) is 2.42. The number of hydrogen-bond donors (Lipinski definition) is 0. The molecule has 0 spiro atoms. The van der Waals surface area contributed by atoms with Crippen molar-refractivity contribution in [3.63, 3.8) is 0 Å². The van der Waals surface area contributed by atoms with E-state index in [-0.39, 0.29) is 0 Å². The third-order valence-electron chi connectivity index (χ3n) is 1.44. The summed E-state index contributed by atoms with van der Waals surface area (Å²) in [7, 11) is 0. The minimum absolute atomic E-state index is 0.409. The van der Waals surface area contributed by atoms with Crippen molar-refractivity contribution in [2.45, 2.75) is 0 Å². The van der Waals surface area contributed by atoms with E-state index in [9.17, 15) is 0 Å². The van der Waals surface area contributed by atoms with Gasteiger partial charge in [-0.1, -0.05) is 54.2 Å². The summed E-state index contributed by atoms with van der Waals surface area (Å²) in [6.45, 7) is 3.55. The van der Waals surface area contributed by atoms with E-state index in [0.29, 0.717) is 5.70 Å². The normalized spacial score (nSPS) is 9.54. The van der Waals surface area contributed by atoms with Crippen LogP contribution in [0.15, 0.2) is 53.8 Å². The van der Waals surface area contributed by atoms with E-state index < -0.39 is 0 Å². The molecular weight excluding hydrogens is 162 g/mol. The lowest BCUT2D eigenvalue weighted by atomic mass is 10.2. The molecule has 0 aliphatic carbocycles. The SMILES string of the molecule is C=C(/C=C/c1ccccc1)N=[N+]=[N-]. The molecule has 0 N–H and O–H groups in total. The number of hydrogen-bond acceptors (Lipinski definition) is 1. The Morgan fingerprint density at radius 2 is 2.08 bits per heavy atom. The molecule has 64 valence electrons. The molecule has 1 aromatic carbocycles. The van der Waals surface area contributed by atoms with Gasteiger partial charge in [-0.2, -0.15) is 0 Å². The fraction of sp³-hybridized carbons (Fsp3) is 0. The largest absolute Gasteiger partial charge is 0.0895 e. The molecule has 3 nitrogen and oxygen atoms in total. The van der Waals surface area contributed by atoms with Crippen molar-refractivity contribution in [1.29, 1.82) is 0 Å². The second-order valence-corrected chi connectivity index (χ2v) is 2.42. The number of rotatable bonds is 3. The first-order chi connectivity index (χ1) is 6.33. The molecule has 0 bridgehead atoms. The van der Waals surface area contributed by atoms with E-state index in [4.69, 9.17) is 5.53 Å². The molecule has 0 amide bonds. The third-order valence-corrected chi connectivity index (χ3v) is 1.44. The summed E-state index contributed by atoms with van der Waals surface area (Å²) < 4.78 is 0. The number of allylic oxidation sites excluding steroid dienone is 1. The Labute approximate surface area is 76.6 Å². The van der Waals surface area contributed by atoms with E-state index in [1.54, 1.807) is 6.08 Å². The van der Waals surface area contributed by atoms with Crippen LogP contribution in [0.2, 0.25) is 0 Å². The van der Waals surface area contributed by atoms with Gasteiger partial charge in [-0.3, -0.25) is 0 Å². The second kappa shape index (κ2) is 4.80. The molecule has 3 heteroatoms. The fourth-order valence-electron chi connectivity index (χ4n) is 0.847. The van der Waals surface area contributed by atoms with E-state index in [0.717, 1.165) is 5.56 Å². The summed E-state index contributed by atoms with van der Waals surface area (Å²) in [5.74, 6) is 0. The van der Waals surface area contributed by atoms with Gasteiger partial charge in [-0.25, -0.2) is 0 Å². The topological polar surface area (TPSA) is 48.8 Å². The van der Waals surface area contributed by atoms with Gasteiger partial charge in [0.2, 0.25) is 0 Å². The van der Waals surface area contributed by atoms with Crippen molar-refractivity contribution >= 4 is 6.08 Å². The molecule has 0 aliphatic rings. The summed E-state index contributed by atoms with van der Waals surface area (Å²) in [5.41, 5.74) is 9.56. The first-order valence-corrected chi connectivity index (χ1v) is 3.80. The van der Waals surface area contributed by atoms with Crippen molar-refractivity contribution in [3.8, 4) is 0 Å². The molecule has 0 radical (unpaired) electrons. The van der Waals surface area contributed by atoms with Crippen LogP contribution in [0.4, 0.5) is 0 Å². The molecule has 0 aliphatic heterocycles. The van der Waals surface area contributed by atoms with Crippen LogP contribution >= 0.6 is 0 Å². The Morgan fingerprint density at radius 1 is 1.38 bits per heavy atom. The summed E-state index contributed by atoms with van der Waals surface area (Å²) in [4.78, 5) is 2.62. The Balaban J connectivity index is 2.69. The maximum Gasteiger partial charge on any atom is 0.0303 e. The highest BCUT2D eigenvalue weighted by Gasteiger charge is 1.83. The van der Waals surface area contributed by atoms with Crippen molar-refractivity contribution in [3.05, 3.63) is 64.7 Å². The van der Waals surface area contributed by atoms with E-state index in [2.05, 4.69) is 16.6 Å². The minimum Gasteiger partial charge on any atom is -0.0895 e. The molecule has 0 unspecified atom stereocenters. The number of benzene rings is 1. The maximum atomic E-state index is 8.10. The van der Waals surface area contributed by atoms with Gasteiger partial charge in [-0.05, 0) is 11.1 Å². The third kappa shape index (κ3) is 3.27. The van der Waals surface area contributed by atoms with Crippen LogP contribution in [0.1, 0.15) is 5.56 Å². The zero-order chi connectivity index (χ0) is 9.52. The highest BCUT2D eigenvalue weighted by atomic mass is 15.1. The lowest BCUT2D eigenvalue weighted by Gasteiger charge is -1.90. The van der Waals surface area contributed by atoms with Crippen LogP contribution in [0, 0.1) is 0 Å². The van der Waals surface area contributed by atoms with Crippen LogP contribution < -0.4 is 0 Å². The fourth-order valence-corrected chi connectivity index (χ4v) is 0.847. The zero-order valence-corrected chi connectivity index (χ0v) is 7.09. The molecule has 0 aromatic heterocycles. The Morgan fingerprint density at radius 3 is 2.69 bits per heavy atom. The number of nitrogens with zero attached hydrogens (tertiary/aromatic N) is 3. The van der Waals surface area contributed by atoms with Crippen LogP contribution in [-0.4, -0.2) is 0 Å². The van der Waals surface area contributed by atoms with Crippen molar-refractivity contribution in [2.24, 2.45) is 5.11 Å². The molecule has 0 saturated heterocycles. The molecule has 0 atom stereocenters. The van der Waals surface area contributed by atoms with Crippen molar-refractivity contribution in [2.75, 3.05) is 0 Å². The minimum atomic E-state index is 0.409. The van der Waals surface area contributed by atoms with Gasteiger partial charge < -0.3 is 0 Å². The standard InChI is InChI=1S/C10H9N3/c1-9(12-13-11)7-8-10-5-3-2-4-6-10/h2-8H,1H2/b8-7+. The van der Waals surface area contributed by atoms with Crippen LogP contribution in [0.25, 0.3) is 16.5 Å². The molecule has 13 heavy (non-hydrogen) atoms. The molecular formula is C10H9N3. The summed E-state index contributed by atoms with van der Waals surface area (Å²) in [6, 6.07) is 9.74. The maximum absolute atomic E-state index is 8.10. The smallest absolute Gasteiger partial charge is 0.0303 e. The Bertz CT molecular complexity index is 359. The van der Waals surface area contributed by atoms with Gasteiger partial charge in [0.15, 0.2) is 0 Å². The average Bonchev–Trinajstić information content (AvgIpc) is 2.17. The average molecular weight is 171 g/mol.